The van der Waals surface area contributed by atoms with Gasteiger partial charge in [-0.2, -0.15) is 0 Å². The number of rotatable bonds is 3. The Balaban J connectivity index is 2.51. The van der Waals surface area contributed by atoms with Crippen molar-refractivity contribution < 1.29 is 18.7 Å². The molecule has 1 aromatic heterocycles. The van der Waals surface area contributed by atoms with Crippen LogP contribution >= 0.6 is 0 Å². The van der Waals surface area contributed by atoms with Gasteiger partial charge in [0.25, 0.3) is 0 Å². The van der Waals surface area contributed by atoms with Crippen molar-refractivity contribution in [3.05, 3.63) is 48.2 Å². The van der Waals surface area contributed by atoms with Gasteiger partial charge in [0.2, 0.25) is 5.88 Å². The number of carbonyl (C=O) groups is 2. The van der Waals surface area contributed by atoms with Crippen molar-refractivity contribution in [2.75, 3.05) is 4.90 Å². The van der Waals surface area contributed by atoms with Gasteiger partial charge in [0.1, 0.15) is 5.60 Å². The topological polar surface area (TPSA) is 59.8 Å². The van der Waals surface area contributed by atoms with E-state index in [1.807, 2.05) is 0 Å². The number of para-hydroxylation sites is 1. The van der Waals surface area contributed by atoms with Crippen molar-refractivity contribution in [1.29, 1.82) is 0 Å². The van der Waals surface area contributed by atoms with E-state index in [0.29, 0.717) is 17.1 Å². The van der Waals surface area contributed by atoms with E-state index in [2.05, 4.69) is 0 Å². The molecule has 0 saturated heterocycles. The molecule has 1 heterocycles. The zero-order chi connectivity index (χ0) is 16.3. The van der Waals surface area contributed by atoms with Gasteiger partial charge in [-0.3, -0.25) is 4.79 Å². The molecular weight excluding hydrogens is 282 g/mol. The number of anilines is 2. The number of Topliss-reactive ketones (excluding diaryl/α,β-unsaturated/α-hetero) is 1. The van der Waals surface area contributed by atoms with Gasteiger partial charge in [0.05, 0.1) is 12.0 Å². The van der Waals surface area contributed by atoms with Crippen LogP contribution in [0.5, 0.6) is 0 Å². The summed E-state index contributed by atoms with van der Waals surface area (Å²) in [7, 11) is 0. The van der Waals surface area contributed by atoms with Gasteiger partial charge in [0, 0.05) is 11.6 Å². The van der Waals surface area contributed by atoms with Crippen LogP contribution in [0.2, 0.25) is 0 Å². The molecule has 0 bridgehead atoms. The summed E-state index contributed by atoms with van der Waals surface area (Å²) in [5.41, 5.74) is 0.191. The van der Waals surface area contributed by atoms with Gasteiger partial charge >= 0.3 is 6.09 Å². The Morgan fingerprint density at radius 3 is 2.32 bits per heavy atom. The summed E-state index contributed by atoms with van der Waals surface area (Å²) < 4.78 is 10.8. The van der Waals surface area contributed by atoms with Crippen LogP contribution in [-0.4, -0.2) is 17.5 Å². The monoisotopic (exact) mass is 301 g/mol. The van der Waals surface area contributed by atoms with Crippen molar-refractivity contribution in [3.8, 4) is 0 Å². The molecule has 0 atom stereocenters. The van der Waals surface area contributed by atoms with Crippen LogP contribution in [0, 0.1) is 0 Å². The van der Waals surface area contributed by atoms with E-state index in [-0.39, 0.29) is 5.78 Å². The van der Waals surface area contributed by atoms with E-state index in [1.54, 1.807) is 57.2 Å². The third kappa shape index (κ3) is 3.55. The lowest BCUT2D eigenvalue weighted by molar-refractivity contribution is 0.0594. The van der Waals surface area contributed by atoms with Gasteiger partial charge in [-0.25, -0.2) is 9.69 Å². The summed E-state index contributed by atoms with van der Waals surface area (Å²) in [6.07, 6.45) is 0.861. The lowest BCUT2D eigenvalue weighted by Crippen LogP contribution is -2.34. The largest absolute Gasteiger partial charge is 0.448 e. The van der Waals surface area contributed by atoms with Crippen LogP contribution in [-0.2, 0) is 4.74 Å². The molecule has 0 saturated carbocycles. The predicted molar refractivity (Wildman–Crippen MR) is 83.5 cm³/mol. The van der Waals surface area contributed by atoms with E-state index < -0.39 is 11.7 Å². The molecule has 1 amide bonds. The SMILES string of the molecule is CC(=O)c1ccccc1N(C(=O)OC(C)(C)C)c1ccco1. The Hall–Kier alpha value is -2.56. The highest BCUT2D eigenvalue weighted by atomic mass is 16.6. The van der Waals surface area contributed by atoms with E-state index >= 15 is 0 Å². The molecule has 1 aromatic carbocycles. The zero-order valence-electron chi connectivity index (χ0n) is 13.1. The second-order valence-corrected chi connectivity index (χ2v) is 5.84. The van der Waals surface area contributed by atoms with E-state index in [4.69, 9.17) is 9.15 Å². The number of amides is 1. The second kappa shape index (κ2) is 6.05. The third-order valence-corrected chi connectivity index (χ3v) is 2.83. The van der Waals surface area contributed by atoms with Crippen molar-refractivity contribution in [2.45, 2.75) is 33.3 Å². The van der Waals surface area contributed by atoms with Crippen LogP contribution in [0.25, 0.3) is 0 Å². The van der Waals surface area contributed by atoms with Gasteiger partial charge in [-0.15, -0.1) is 0 Å². The van der Waals surface area contributed by atoms with Gasteiger partial charge in [-0.05, 0) is 45.9 Å². The summed E-state index contributed by atoms with van der Waals surface area (Å²) in [5.74, 6) is 0.152. The average Bonchev–Trinajstić information content (AvgIpc) is 2.91. The van der Waals surface area contributed by atoms with Crippen molar-refractivity contribution in [3.63, 3.8) is 0 Å². The lowest BCUT2D eigenvalue weighted by atomic mass is 10.1. The van der Waals surface area contributed by atoms with Crippen LogP contribution < -0.4 is 4.90 Å². The molecule has 2 aromatic rings. The van der Waals surface area contributed by atoms with Gasteiger partial charge < -0.3 is 9.15 Å². The molecule has 0 unspecified atom stereocenters. The lowest BCUT2D eigenvalue weighted by Gasteiger charge is -2.26. The fourth-order valence-corrected chi connectivity index (χ4v) is 1.98. The summed E-state index contributed by atoms with van der Waals surface area (Å²) in [6.45, 7) is 6.79. The number of benzene rings is 1. The minimum absolute atomic E-state index is 0.143. The van der Waals surface area contributed by atoms with Gasteiger partial charge in [-0.1, -0.05) is 12.1 Å². The van der Waals surface area contributed by atoms with E-state index in [1.165, 1.54) is 18.1 Å². The molecule has 5 heteroatoms. The fraction of sp³-hybridized carbons (Fsp3) is 0.294. The Kier molecular flexibility index (Phi) is 4.35. The molecule has 0 aliphatic carbocycles. The molecule has 0 fully saturated rings. The molecule has 0 radical (unpaired) electrons. The first-order valence-corrected chi connectivity index (χ1v) is 6.96. The van der Waals surface area contributed by atoms with Crippen LogP contribution in [0.1, 0.15) is 38.1 Å². The summed E-state index contributed by atoms with van der Waals surface area (Å²) in [5, 5.41) is 0. The highest BCUT2D eigenvalue weighted by Crippen LogP contribution is 2.31. The molecule has 0 spiro atoms. The number of ketones is 1. The maximum absolute atomic E-state index is 12.6. The highest BCUT2D eigenvalue weighted by Gasteiger charge is 2.28. The minimum Gasteiger partial charge on any atom is -0.448 e. The Morgan fingerprint density at radius 2 is 1.77 bits per heavy atom. The number of carbonyl (C=O) groups excluding carboxylic acids is 2. The Bertz CT molecular complexity index is 668. The minimum atomic E-state index is -0.660. The van der Waals surface area contributed by atoms with E-state index in [0.717, 1.165) is 0 Å². The highest BCUT2D eigenvalue weighted by molar-refractivity contribution is 6.05. The first-order valence-electron chi connectivity index (χ1n) is 6.96. The number of ether oxygens (including phenoxy) is 1. The van der Waals surface area contributed by atoms with Crippen molar-refractivity contribution in [1.82, 2.24) is 0 Å². The second-order valence-electron chi connectivity index (χ2n) is 5.84. The van der Waals surface area contributed by atoms with Crippen molar-refractivity contribution >= 4 is 23.4 Å². The fourth-order valence-electron chi connectivity index (χ4n) is 1.98. The summed E-state index contributed by atoms with van der Waals surface area (Å²) in [6, 6.07) is 10.2. The molecule has 22 heavy (non-hydrogen) atoms. The Labute approximate surface area is 129 Å². The molecule has 0 aliphatic rings. The maximum Gasteiger partial charge on any atom is 0.421 e. The number of hydrogen-bond acceptors (Lipinski definition) is 4. The van der Waals surface area contributed by atoms with Crippen LogP contribution in [0.3, 0.4) is 0 Å². The van der Waals surface area contributed by atoms with Gasteiger partial charge in [0.15, 0.2) is 5.78 Å². The zero-order valence-corrected chi connectivity index (χ0v) is 13.1. The molecular formula is C17H19NO4. The van der Waals surface area contributed by atoms with Crippen molar-refractivity contribution in [2.24, 2.45) is 0 Å². The molecule has 116 valence electrons. The smallest absolute Gasteiger partial charge is 0.421 e. The maximum atomic E-state index is 12.6. The first-order chi connectivity index (χ1) is 10.3. The predicted octanol–water partition coefficient (Wildman–Crippen LogP) is 4.56. The van der Waals surface area contributed by atoms with Crippen LogP contribution in [0.4, 0.5) is 16.4 Å². The number of hydrogen-bond donors (Lipinski definition) is 0. The number of furan rings is 1. The Morgan fingerprint density at radius 1 is 1.09 bits per heavy atom. The summed E-state index contributed by atoms with van der Waals surface area (Å²) in [4.78, 5) is 25.7. The molecule has 2 rings (SSSR count). The van der Waals surface area contributed by atoms with Crippen LogP contribution in [0.15, 0.2) is 47.1 Å². The number of nitrogens with zero attached hydrogens (tertiary/aromatic N) is 1. The normalized spacial score (nSPS) is 11.1. The molecule has 5 nitrogen and oxygen atoms in total. The average molecular weight is 301 g/mol. The molecule has 0 N–H and O–H groups in total. The first kappa shape index (κ1) is 15.8. The van der Waals surface area contributed by atoms with E-state index in [9.17, 15) is 9.59 Å². The molecule has 0 aliphatic heterocycles. The summed E-state index contributed by atoms with van der Waals surface area (Å²) >= 11 is 0. The quantitative estimate of drug-likeness (QED) is 0.780. The standard InChI is InChI=1S/C17H19NO4/c1-12(19)13-8-5-6-9-14(13)18(15-10-7-11-21-15)16(20)22-17(2,3)4/h5-11H,1-4H3. The third-order valence-electron chi connectivity index (χ3n) is 2.83.